The largest absolute Gasteiger partial charge is 0.478 e. The van der Waals surface area contributed by atoms with E-state index in [0.717, 1.165) is 0 Å². The van der Waals surface area contributed by atoms with Gasteiger partial charge in [-0.05, 0) is 0 Å². The van der Waals surface area contributed by atoms with Crippen molar-refractivity contribution in [2.75, 3.05) is 0 Å². The summed E-state index contributed by atoms with van der Waals surface area (Å²) < 4.78 is 13.5. The Morgan fingerprint density at radius 2 is 1.20 bits per heavy atom. The van der Waals surface area contributed by atoms with E-state index >= 15 is 0 Å². The predicted molar refractivity (Wildman–Crippen MR) is 38.8 cm³/mol. The van der Waals surface area contributed by atoms with Gasteiger partial charge in [0.15, 0.2) is 0 Å². The van der Waals surface area contributed by atoms with Crippen LogP contribution < -0.4 is 0 Å². The van der Waals surface area contributed by atoms with E-state index in [0.29, 0.717) is 0 Å². The maximum Gasteiger partial charge on any atom is 0.471 e. The van der Waals surface area contributed by atoms with E-state index in [1.807, 2.05) is 0 Å². The summed E-state index contributed by atoms with van der Waals surface area (Å²) in [7, 11) is -5.59. The third-order valence-electron chi connectivity index (χ3n) is 1.16. The second-order valence-corrected chi connectivity index (χ2v) is 3.34. The van der Waals surface area contributed by atoms with Crippen LogP contribution in [0.15, 0.2) is 0 Å². The quantitative estimate of drug-likeness (QED) is 0.270. The fourth-order valence-electron chi connectivity index (χ4n) is 0.570. The Morgan fingerprint density at radius 1 is 0.933 bits per heavy atom. The molecule has 0 unspecified atom stereocenters. The van der Waals surface area contributed by atoms with Crippen LogP contribution in [0.4, 0.5) is 0 Å². The van der Waals surface area contributed by atoms with Crippen molar-refractivity contribution in [2.45, 2.75) is 5.60 Å². The van der Waals surface area contributed by atoms with Crippen LogP contribution in [0.3, 0.4) is 0 Å². The molecule has 0 radical (unpaired) electrons. The Kier molecular flexibility index (Phi) is 3.56. The van der Waals surface area contributed by atoms with E-state index in [-0.39, 0.29) is 0 Å². The molecule has 0 fully saturated rings. The minimum atomic E-state index is -5.59. The standard InChI is InChI=1S/C4H5O10P/c5-1(6)4(2(7)8,3(9)10)14-15(11,12)13/h(H,5,6)(H,7,8)(H,9,10)(H2,11,12,13). The summed E-state index contributed by atoms with van der Waals surface area (Å²) >= 11 is 0. The first-order valence-electron chi connectivity index (χ1n) is 3.00. The highest BCUT2D eigenvalue weighted by Gasteiger charge is 2.60. The lowest BCUT2D eigenvalue weighted by Gasteiger charge is -2.20. The van der Waals surface area contributed by atoms with Crippen LogP contribution in [0.5, 0.6) is 0 Å². The highest BCUT2D eigenvalue weighted by atomic mass is 31.2. The van der Waals surface area contributed by atoms with E-state index in [1.54, 1.807) is 0 Å². The summed E-state index contributed by atoms with van der Waals surface area (Å²) in [5, 5.41) is 24.9. The second-order valence-electron chi connectivity index (χ2n) is 2.18. The number of carboxylic acid groups (broad SMARTS) is 3. The van der Waals surface area contributed by atoms with Crippen LogP contribution in [-0.2, 0) is 23.5 Å². The zero-order chi connectivity index (χ0) is 12.4. The molecule has 0 aromatic rings. The van der Waals surface area contributed by atoms with Gasteiger partial charge in [0.05, 0.1) is 0 Å². The van der Waals surface area contributed by atoms with Crippen LogP contribution in [0, 0.1) is 0 Å². The first-order valence-corrected chi connectivity index (χ1v) is 4.53. The molecule has 10 nitrogen and oxygen atoms in total. The molecule has 15 heavy (non-hydrogen) atoms. The average Bonchev–Trinajstić information content (AvgIpc) is 1.96. The van der Waals surface area contributed by atoms with Crippen LogP contribution in [0.2, 0.25) is 0 Å². The molecule has 0 saturated carbocycles. The molecule has 0 aromatic carbocycles. The molecule has 86 valence electrons. The molecule has 0 heterocycles. The van der Waals surface area contributed by atoms with Crippen molar-refractivity contribution in [2.24, 2.45) is 0 Å². The zero-order valence-electron chi connectivity index (χ0n) is 6.72. The van der Waals surface area contributed by atoms with E-state index in [1.165, 1.54) is 0 Å². The van der Waals surface area contributed by atoms with Crippen LogP contribution >= 0.6 is 7.82 Å². The fourth-order valence-corrected chi connectivity index (χ4v) is 1.16. The molecule has 5 N–H and O–H groups in total. The predicted octanol–water partition coefficient (Wildman–Crippen LogP) is -1.91. The van der Waals surface area contributed by atoms with Crippen molar-refractivity contribution in [3.05, 3.63) is 0 Å². The van der Waals surface area contributed by atoms with Gasteiger partial charge in [-0.2, -0.15) is 0 Å². The average molecular weight is 244 g/mol. The normalized spacial score (nSPS) is 12.1. The van der Waals surface area contributed by atoms with E-state index in [2.05, 4.69) is 4.52 Å². The molecular weight excluding hydrogens is 239 g/mol. The van der Waals surface area contributed by atoms with Gasteiger partial charge in [-0.3, -0.25) is 0 Å². The number of phosphoric acid groups is 1. The van der Waals surface area contributed by atoms with Crippen molar-refractivity contribution >= 4 is 25.7 Å². The number of hydrogen-bond donors (Lipinski definition) is 5. The van der Waals surface area contributed by atoms with Gasteiger partial charge in [0.25, 0.3) is 0 Å². The maximum atomic E-state index is 10.4. The van der Waals surface area contributed by atoms with Crippen molar-refractivity contribution in [3.63, 3.8) is 0 Å². The highest BCUT2D eigenvalue weighted by Crippen LogP contribution is 2.41. The topological polar surface area (TPSA) is 179 Å². The molecule has 0 aliphatic carbocycles. The molecule has 0 aliphatic heterocycles. The Balaban J connectivity index is 5.55. The monoisotopic (exact) mass is 244 g/mol. The molecule has 0 saturated heterocycles. The third-order valence-corrected chi connectivity index (χ3v) is 1.67. The van der Waals surface area contributed by atoms with Gasteiger partial charge < -0.3 is 25.1 Å². The summed E-state index contributed by atoms with van der Waals surface area (Å²) in [5.41, 5.74) is -4.03. The van der Waals surface area contributed by atoms with Gasteiger partial charge in [-0.15, -0.1) is 0 Å². The van der Waals surface area contributed by atoms with E-state index < -0.39 is 31.3 Å². The Bertz CT molecular complexity index is 314. The molecule has 0 rings (SSSR count). The first-order chi connectivity index (χ1) is 6.54. The maximum absolute atomic E-state index is 10.4. The third kappa shape index (κ3) is 2.73. The molecular formula is C4H5O10P. The SMILES string of the molecule is O=C(O)C(OP(=O)(O)O)(C(=O)O)C(=O)O. The number of hydrogen-bond acceptors (Lipinski definition) is 5. The number of carboxylic acids is 3. The van der Waals surface area contributed by atoms with Crippen molar-refractivity contribution in [1.29, 1.82) is 0 Å². The molecule has 0 spiro atoms. The number of phosphoric ester groups is 1. The van der Waals surface area contributed by atoms with Crippen LogP contribution in [0.1, 0.15) is 0 Å². The molecule has 0 aromatic heterocycles. The second kappa shape index (κ2) is 3.95. The summed E-state index contributed by atoms with van der Waals surface area (Å²) in [6, 6.07) is 0. The smallest absolute Gasteiger partial charge is 0.471 e. The van der Waals surface area contributed by atoms with Gasteiger partial charge in [-0.1, -0.05) is 0 Å². The summed E-state index contributed by atoms with van der Waals surface area (Å²) in [6.07, 6.45) is 0. The fraction of sp³-hybridized carbons (Fsp3) is 0.250. The van der Waals surface area contributed by atoms with Gasteiger partial charge in [0, 0.05) is 0 Å². The first kappa shape index (κ1) is 13.5. The van der Waals surface area contributed by atoms with Gasteiger partial charge in [-0.25, -0.2) is 23.5 Å². The Hall–Kier alpha value is -1.48. The summed E-state index contributed by atoms with van der Waals surface area (Å²) in [4.78, 5) is 47.5. The van der Waals surface area contributed by atoms with Crippen molar-refractivity contribution in [3.8, 4) is 0 Å². The number of aliphatic carboxylic acids is 3. The number of rotatable bonds is 5. The van der Waals surface area contributed by atoms with Crippen LogP contribution in [0.25, 0.3) is 0 Å². The van der Waals surface area contributed by atoms with Gasteiger partial charge in [0.2, 0.25) is 0 Å². The van der Waals surface area contributed by atoms with E-state index in [9.17, 15) is 18.9 Å². The van der Waals surface area contributed by atoms with E-state index in [4.69, 9.17) is 25.1 Å². The molecule has 0 amide bonds. The lowest BCUT2D eigenvalue weighted by Crippen LogP contribution is -2.55. The Labute approximate surface area is 81.0 Å². The molecule has 11 heteroatoms. The minimum absolute atomic E-state index is 2.56. The van der Waals surface area contributed by atoms with Gasteiger partial charge >= 0.3 is 31.3 Å². The molecule has 0 aliphatic rings. The lowest BCUT2D eigenvalue weighted by atomic mass is 10.1. The lowest BCUT2D eigenvalue weighted by molar-refractivity contribution is -0.185. The Morgan fingerprint density at radius 3 is 1.27 bits per heavy atom. The van der Waals surface area contributed by atoms with Crippen molar-refractivity contribution in [1.82, 2.24) is 0 Å². The minimum Gasteiger partial charge on any atom is -0.478 e. The summed E-state index contributed by atoms with van der Waals surface area (Å²) in [5.74, 6) is -7.69. The molecule has 0 atom stereocenters. The van der Waals surface area contributed by atoms with Crippen LogP contribution in [-0.4, -0.2) is 48.6 Å². The van der Waals surface area contributed by atoms with Crippen molar-refractivity contribution < 1.29 is 48.6 Å². The highest BCUT2D eigenvalue weighted by molar-refractivity contribution is 7.46. The zero-order valence-corrected chi connectivity index (χ0v) is 7.62. The number of carbonyl (C=O) groups is 3. The van der Waals surface area contributed by atoms with Gasteiger partial charge in [0.1, 0.15) is 0 Å². The summed E-state index contributed by atoms with van der Waals surface area (Å²) in [6.45, 7) is 0. The molecule has 0 bridgehead atoms.